The molecule has 0 aromatic heterocycles. The maximum Gasteiger partial charge on any atom is 0.321 e. The highest BCUT2D eigenvalue weighted by molar-refractivity contribution is 5.89. The Balaban J connectivity index is 1.87. The van der Waals surface area contributed by atoms with E-state index in [0.717, 1.165) is 18.8 Å². The molecule has 0 radical (unpaired) electrons. The molecule has 0 spiro atoms. The van der Waals surface area contributed by atoms with Crippen molar-refractivity contribution in [1.29, 1.82) is 0 Å². The topological polar surface area (TPSA) is 32.3 Å². The van der Waals surface area contributed by atoms with Gasteiger partial charge >= 0.3 is 6.03 Å². The van der Waals surface area contributed by atoms with Crippen LogP contribution in [0.3, 0.4) is 0 Å². The zero-order chi connectivity index (χ0) is 13.5. The smallest absolute Gasteiger partial charge is 0.321 e. The SMILES string of the molecule is CCN(CC1CCCCC1)C(=O)Nc1ccccc1. The molecule has 19 heavy (non-hydrogen) atoms. The van der Waals surface area contributed by atoms with E-state index in [2.05, 4.69) is 5.32 Å². The van der Waals surface area contributed by atoms with Crippen molar-refractivity contribution in [1.82, 2.24) is 4.90 Å². The molecule has 0 bridgehead atoms. The zero-order valence-electron chi connectivity index (χ0n) is 11.8. The average Bonchev–Trinajstić information content (AvgIpc) is 2.47. The molecule has 1 N–H and O–H groups in total. The number of carbonyl (C=O) groups is 1. The Morgan fingerprint density at radius 1 is 1.21 bits per heavy atom. The first-order chi connectivity index (χ1) is 9.29. The number of urea groups is 1. The zero-order valence-corrected chi connectivity index (χ0v) is 11.8. The van der Waals surface area contributed by atoms with Crippen molar-refractivity contribution < 1.29 is 4.79 Å². The fraction of sp³-hybridized carbons (Fsp3) is 0.562. The molecule has 1 saturated carbocycles. The number of nitrogens with zero attached hydrogens (tertiary/aromatic N) is 1. The molecule has 1 aromatic rings. The highest BCUT2D eigenvalue weighted by atomic mass is 16.2. The summed E-state index contributed by atoms with van der Waals surface area (Å²) >= 11 is 0. The first kappa shape index (κ1) is 13.9. The lowest BCUT2D eigenvalue weighted by Crippen LogP contribution is -2.38. The van der Waals surface area contributed by atoms with Gasteiger partial charge in [-0.05, 0) is 37.8 Å². The molecule has 1 aliphatic carbocycles. The van der Waals surface area contributed by atoms with Crippen LogP contribution in [-0.2, 0) is 0 Å². The minimum absolute atomic E-state index is 0.0271. The first-order valence-corrected chi connectivity index (χ1v) is 7.40. The third kappa shape index (κ3) is 4.27. The van der Waals surface area contributed by atoms with Gasteiger partial charge < -0.3 is 10.2 Å². The molecule has 2 amide bonds. The lowest BCUT2D eigenvalue weighted by Gasteiger charge is -2.29. The maximum atomic E-state index is 12.2. The van der Waals surface area contributed by atoms with Crippen LogP contribution in [0.2, 0.25) is 0 Å². The molecular weight excluding hydrogens is 236 g/mol. The largest absolute Gasteiger partial charge is 0.325 e. The Kier molecular flexibility index (Phi) is 5.25. The van der Waals surface area contributed by atoms with E-state index in [9.17, 15) is 4.79 Å². The van der Waals surface area contributed by atoms with Crippen LogP contribution in [0.25, 0.3) is 0 Å². The van der Waals surface area contributed by atoms with Gasteiger partial charge in [-0.3, -0.25) is 0 Å². The molecule has 1 fully saturated rings. The number of carbonyl (C=O) groups excluding carboxylic acids is 1. The van der Waals surface area contributed by atoms with Crippen molar-refractivity contribution in [2.75, 3.05) is 18.4 Å². The maximum absolute atomic E-state index is 12.2. The molecule has 104 valence electrons. The summed E-state index contributed by atoms with van der Waals surface area (Å²) in [6, 6.07) is 9.70. The predicted octanol–water partition coefficient (Wildman–Crippen LogP) is 4.12. The Bertz CT molecular complexity index is 385. The number of rotatable bonds is 4. The summed E-state index contributed by atoms with van der Waals surface area (Å²) in [5.74, 6) is 0.690. The highest BCUT2D eigenvalue weighted by Gasteiger charge is 2.19. The monoisotopic (exact) mass is 260 g/mol. The van der Waals surface area contributed by atoms with Gasteiger partial charge in [0.1, 0.15) is 0 Å². The molecule has 1 aromatic carbocycles. The summed E-state index contributed by atoms with van der Waals surface area (Å²) in [4.78, 5) is 14.2. The van der Waals surface area contributed by atoms with Crippen LogP contribution in [0.15, 0.2) is 30.3 Å². The van der Waals surface area contributed by atoms with Crippen LogP contribution in [0.1, 0.15) is 39.0 Å². The van der Waals surface area contributed by atoms with Crippen molar-refractivity contribution in [2.45, 2.75) is 39.0 Å². The summed E-state index contributed by atoms with van der Waals surface area (Å²) < 4.78 is 0. The molecular formula is C16H24N2O. The quantitative estimate of drug-likeness (QED) is 0.867. The molecule has 0 aliphatic heterocycles. The van der Waals surface area contributed by atoms with Gasteiger partial charge in [0.15, 0.2) is 0 Å². The third-order valence-electron chi connectivity index (χ3n) is 3.90. The number of benzene rings is 1. The van der Waals surface area contributed by atoms with Gasteiger partial charge in [-0.15, -0.1) is 0 Å². The summed E-state index contributed by atoms with van der Waals surface area (Å²) in [6.07, 6.45) is 6.55. The molecule has 3 heteroatoms. The minimum atomic E-state index is 0.0271. The van der Waals surface area contributed by atoms with Crippen molar-refractivity contribution in [3.05, 3.63) is 30.3 Å². The summed E-state index contributed by atoms with van der Waals surface area (Å²) in [5, 5.41) is 2.97. The molecule has 0 unspecified atom stereocenters. The second-order valence-electron chi connectivity index (χ2n) is 5.34. The van der Waals surface area contributed by atoms with Crippen LogP contribution in [0, 0.1) is 5.92 Å². The second kappa shape index (κ2) is 7.17. The second-order valence-corrected chi connectivity index (χ2v) is 5.34. The van der Waals surface area contributed by atoms with E-state index in [1.54, 1.807) is 0 Å². The number of anilines is 1. The third-order valence-corrected chi connectivity index (χ3v) is 3.90. The van der Waals surface area contributed by atoms with E-state index in [1.165, 1.54) is 32.1 Å². The molecule has 1 aliphatic rings. The van der Waals surface area contributed by atoms with Gasteiger partial charge in [0.05, 0.1) is 0 Å². The average molecular weight is 260 g/mol. The summed E-state index contributed by atoms with van der Waals surface area (Å²) in [5.41, 5.74) is 0.870. The van der Waals surface area contributed by atoms with Crippen LogP contribution in [0.5, 0.6) is 0 Å². The van der Waals surface area contributed by atoms with E-state index < -0.39 is 0 Å². The number of para-hydroxylation sites is 1. The highest BCUT2D eigenvalue weighted by Crippen LogP contribution is 2.24. The lowest BCUT2D eigenvalue weighted by atomic mass is 9.89. The fourth-order valence-corrected chi connectivity index (χ4v) is 2.76. The Hall–Kier alpha value is -1.51. The standard InChI is InChI=1S/C16H24N2O/c1-2-18(13-14-9-5-3-6-10-14)16(19)17-15-11-7-4-8-12-15/h4,7-8,11-12,14H,2-3,5-6,9-10,13H2,1H3,(H,17,19). The van der Waals surface area contributed by atoms with E-state index in [0.29, 0.717) is 5.92 Å². The van der Waals surface area contributed by atoms with Crippen molar-refractivity contribution in [3.8, 4) is 0 Å². The van der Waals surface area contributed by atoms with E-state index in [4.69, 9.17) is 0 Å². The lowest BCUT2D eigenvalue weighted by molar-refractivity contribution is 0.194. The van der Waals surface area contributed by atoms with Crippen LogP contribution < -0.4 is 5.32 Å². The normalized spacial score (nSPS) is 16.1. The Morgan fingerprint density at radius 2 is 1.89 bits per heavy atom. The summed E-state index contributed by atoms with van der Waals surface area (Å²) in [6.45, 7) is 3.72. The molecule has 0 atom stereocenters. The van der Waals surface area contributed by atoms with Crippen molar-refractivity contribution >= 4 is 11.7 Å². The van der Waals surface area contributed by atoms with Crippen molar-refractivity contribution in [3.63, 3.8) is 0 Å². The number of nitrogens with one attached hydrogen (secondary N) is 1. The number of amides is 2. The molecule has 2 rings (SSSR count). The minimum Gasteiger partial charge on any atom is -0.325 e. The van der Waals surface area contributed by atoms with E-state index in [-0.39, 0.29) is 6.03 Å². The summed E-state index contributed by atoms with van der Waals surface area (Å²) in [7, 11) is 0. The van der Waals surface area contributed by atoms with Gasteiger partial charge in [0.2, 0.25) is 0 Å². The van der Waals surface area contributed by atoms with E-state index >= 15 is 0 Å². The number of hydrogen-bond acceptors (Lipinski definition) is 1. The van der Waals surface area contributed by atoms with Crippen LogP contribution in [-0.4, -0.2) is 24.0 Å². The van der Waals surface area contributed by atoms with E-state index in [1.807, 2.05) is 42.2 Å². The van der Waals surface area contributed by atoms with Crippen molar-refractivity contribution in [2.24, 2.45) is 5.92 Å². The van der Waals surface area contributed by atoms with Gasteiger partial charge in [0, 0.05) is 18.8 Å². The Morgan fingerprint density at radius 3 is 2.53 bits per heavy atom. The fourth-order valence-electron chi connectivity index (χ4n) is 2.76. The van der Waals surface area contributed by atoms with Gasteiger partial charge in [-0.1, -0.05) is 37.5 Å². The Labute approximate surface area is 116 Å². The van der Waals surface area contributed by atoms with Crippen LogP contribution >= 0.6 is 0 Å². The van der Waals surface area contributed by atoms with Crippen LogP contribution in [0.4, 0.5) is 10.5 Å². The number of hydrogen-bond donors (Lipinski definition) is 1. The van der Waals surface area contributed by atoms with Gasteiger partial charge in [0.25, 0.3) is 0 Å². The molecule has 0 heterocycles. The van der Waals surface area contributed by atoms with Gasteiger partial charge in [-0.25, -0.2) is 4.79 Å². The molecule has 3 nitrogen and oxygen atoms in total. The predicted molar refractivity (Wildman–Crippen MR) is 79.3 cm³/mol. The van der Waals surface area contributed by atoms with Gasteiger partial charge in [-0.2, -0.15) is 0 Å². The first-order valence-electron chi connectivity index (χ1n) is 7.40. The molecule has 0 saturated heterocycles.